The van der Waals surface area contributed by atoms with Crippen LogP contribution >= 0.6 is 0 Å². The lowest BCUT2D eigenvalue weighted by atomic mass is 10.0. The van der Waals surface area contributed by atoms with Crippen LogP contribution in [0.2, 0.25) is 0 Å². The summed E-state index contributed by atoms with van der Waals surface area (Å²) in [5.41, 5.74) is 0.898. The standard InChI is InChI=1S/C28H19F5N2O/c29-24-10-5-11-25(30)22(24)17-36-20-14-12-19(13-15-20)27-21-8-4-9-23(28(31,32)33)26(21)34-35(27)16-18-6-2-1-3-7-18/h1-15H,16-17H2. The van der Waals surface area contributed by atoms with Crippen LogP contribution in [0, 0.1) is 11.6 Å². The number of fused-ring (bicyclic) bond motifs is 1. The first-order valence-corrected chi connectivity index (χ1v) is 11.1. The van der Waals surface area contributed by atoms with E-state index in [4.69, 9.17) is 4.74 Å². The Balaban J connectivity index is 1.52. The molecule has 1 aromatic heterocycles. The van der Waals surface area contributed by atoms with Crippen LogP contribution in [0.3, 0.4) is 0 Å². The molecule has 0 unspecified atom stereocenters. The summed E-state index contributed by atoms with van der Waals surface area (Å²) in [4.78, 5) is 0. The van der Waals surface area contributed by atoms with Crippen molar-refractivity contribution in [2.45, 2.75) is 19.3 Å². The predicted octanol–water partition coefficient (Wildman–Crippen LogP) is 7.63. The quantitative estimate of drug-likeness (QED) is 0.227. The highest BCUT2D eigenvalue weighted by atomic mass is 19.4. The Hall–Kier alpha value is -4.20. The van der Waals surface area contributed by atoms with Gasteiger partial charge < -0.3 is 4.74 Å². The van der Waals surface area contributed by atoms with Crippen LogP contribution in [0.25, 0.3) is 22.2 Å². The molecule has 0 aliphatic rings. The smallest absolute Gasteiger partial charge is 0.418 e. The second-order valence-electron chi connectivity index (χ2n) is 8.20. The Labute approximate surface area is 203 Å². The molecule has 0 saturated carbocycles. The maximum absolute atomic E-state index is 13.9. The fraction of sp³-hybridized carbons (Fsp3) is 0.107. The van der Waals surface area contributed by atoms with Gasteiger partial charge in [-0.1, -0.05) is 48.5 Å². The summed E-state index contributed by atoms with van der Waals surface area (Å²) >= 11 is 0. The first-order valence-electron chi connectivity index (χ1n) is 11.1. The van der Waals surface area contributed by atoms with E-state index in [2.05, 4.69) is 5.10 Å². The Morgan fingerprint density at radius 3 is 2.08 bits per heavy atom. The largest absolute Gasteiger partial charge is 0.489 e. The topological polar surface area (TPSA) is 27.1 Å². The lowest BCUT2D eigenvalue weighted by Crippen LogP contribution is -2.06. The van der Waals surface area contributed by atoms with Crippen molar-refractivity contribution in [1.29, 1.82) is 0 Å². The van der Waals surface area contributed by atoms with E-state index in [9.17, 15) is 22.0 Å². The molecular weight excluding hydrogens is 475 g/mol. The van der Waals surface area contributed by atoms with E-state index >= 15 is 0 Å². The molecule has 182 valence electrons. The molecule has 0 N–H and O–H groups in total. The molecular formula is C28H19F5N2O. The molecule has 0 bridgehead atoms. The minimum Gasteiger partial charge on any atom is -0.489 e. The van der Waals surface area contributed by atoms with Crippen LogP contribution in [0.5, 0.6) is 5.75 Å². The summed E-state index contributed by atoms with van der Waals surface area (Å²) in [5, 5.41) is 4.71. The highest BCUT2D eigenvalue weighted by Gasteiger charge is 2.34. The monoisotopic (exact) mass is 494 g/mol. The molecule has 0 amide bonds. The Kier molecular flexibility index (Phi) is 6.18. The van der Waals surface area contributed by atoms with Crippen LogP contribution < -0.4 is 4.74 Å². The fourth-order valence-electron chi connectivity index (χ4n) is 4.09. The number of hydrogen-bond donors (Lipinski definition) is 0. The number of rotatable bonds is 6. The second-order valence-corrected chi connectivity index (χ2v) is 8.20. The minimum absolute atomic E-state index is 0.133. The van der Waals surface area contributed by atoms with Crippen molar-refractivity contribution in [2.75, 3.05) is 0 Å². The van der Waals surface area contributed by atoms with Gasteiger partial charge in [0.05, 0.1) is 23.4 Å². The summed E-state index contributed by atoms with van der Waals surface area (Å²) < 4.78 is 76.0. The van der Waals surface area contributed by atoms with E-state index in [0.29, 0.717) is 22.4 Å². The molecule has 0 aliphatic carbocycles. The SMILES string of the molecule is Fc1cccc(F)c1COc1ccc(-c2c3cccc(C(F)(F)F)c3nn2Cc2ccccc2)cc1. The zero-order valence-corrected chi connectivity index (χ0v) is 18.8. The molecule has 36 heavy (non-hydrogen) atoms. The van der Waals surface area contributed by atoms with E-state index in [1.165, 1.54) is 12.1 Å². The maximum atomic E-state index is 13.9. The van der Waals surface area contributed by atoms with Crippen LogP contribution in [0.4, 0.5) is 22.0 Å². The molecule has 3 nitrogen and oxygen atoms in total. The maximum Gasteiger partial charge on any atom is 0.418 e. The third kappa shape index (κ3) is 4.66. The van der Waals surface area contributed by atoms with Crippen LogP contribution in [0.15, 0.2) is 91.0 Å². The van der Waals surface area contributed by atoms with Gasteiger partial charge in [0.2, 0.25) is 0 Å². The molecule has 5 aromatic rings. The Morgan fingerprint density at radius 1 is 0.750 bits per heavy atom. The zero-order valence-electron chi connectivity index (χ0n) is 18.8. The summed E-state index contributed by atoms with van der Waals surface area (Å²) in [6.45, 7) is -0.0331. The zero-order chi connectivity index (χ0) is 25.3. The highest BCUT2D eigenvalue weighted by Crippen LogP contribution is 2.38. The van der Waals surface area contributed by atoms with Crippen molar-refractivity contribution < 1.29 is 26.7 Å². The number of hydrogen-bond acceptors (Lipinski definition) is 2. The van der Waals surface area contributed by atoms with Gasteiger partial charge in [-0.15, -0.1) is 0 Å². The lowest BCUT2D eigenvalue weighted by molar-refractivity contribution is -0.136. The lowest BCUT2D eigenvalue weighted by Gasteiger charge is -2.11. The van der Waals surface area contributed by atoms with E-state index in [-0.39, 0.29) is 24.2 Å². The number of aromatic nitrogens is 2. The summed E-state index contributed by atoms with van der Waals surface area (Å²) in [6.07, 6.45) is -4.55. The molecule has 0 aliphatic heterocycles. The summed E-state index contributed by atoms with van der Waals surface area (Å²) in [7, 11) is 0. The van der Waals surface area contributed by atoms with Crippen molar-refractivity contribution in [3.8, 4) is 17.0 Å². The molecule has 8 heteroatoms. The van der Waals surface area contributed by atoms with Gasteiger partial charge in [0.1, 0.15) is 29.5 Å². The Morgan fingerprint density at radius 2 is 1.42 bits per heavy atom. The highest BCUT2D eigenvalue weighted by molar-refractivity contribution is 5.95. The van der Waals surface area contributed by atoms with Gasteiger partial charge in [-0.05, 0) is 48.0 Å². The van der Waals surface area contributed by atoms with Gasteiger partial charge in [0.25, 0.3) is 0 Å². The van der Waals surface area contributed by atoms with Crippen molar-refractivity contribution in [3.05, 3.63) is 119 Å². The van der Waals surface area contributed by atoms with Crippen molar-refractivity contribution in [2.24, 2.45) is 0 Å². The van der Waals surface area contributed by atoms with Crippen molar-refractivity contribution in [3.63, 3.8) is 0 Å². The third-order valence-corrected chi connectivity index (χ3v) is 5.82. The van der Waals surface area contributed by atoms with Crippen molar-refractivity contribution >= 4 is 10.9 Å². The summed E-state index contributed by atoms with van der Waals surface area (Å²) in [5.74, 6) is -1.05. The molecule has 5 rings (SSSR count). The van der Waals surface area contributed by atoms with Crippen LogP contribution in [-0.2, 0) is 19.3 Å². The van der Waals surface area contributed by atoms with Gasteiger partial charge in [-0.25, -0.2) is 8.78 Å². The number of ether oxygens (including phenoxy) is 1. The van der Waals surface area contributed by atoms with E-state index in [1.807, 2.05) is 30.3 Å². The molecule has 0 spiro atoms. The average molecular weight is 494 g/mol. The fourth-order valence-corrected chi connectivity index (χ4v) is 4.09. The Bertz CT molecular complexity index is 1490. The molecule has 0 saturated heterocycles. The first-order chi connectivity index (χ1) is 17.3. The molecule has 0 fully saturated rings. The number of nitrogens with zero attached hydrogens (tertiary/aromatic N) is 2. The molecule has 0 radical (unpaired) electrons. The number of alkyl halides is 3. The second kappa shape index (κ2) is 9.45. The molecule has 0 atom stereocenters. The predicted molar refractivity (Wildman–Crippen MR) is 126 cm³/mol. The van der Waals surface area contributed by atoms with Gasteiger partial charge in [-0.3, -0.25) is 4.68 Å². The van der Waals surface area contributed by atoms with Crippen molar-refractivity contribution in [1.82, 2.24) is 9.78 Å². The van der Waals surface area contributed by atoms with E-state index in [0.717, 1.165) is 23.8 Å². The van der Waals surface area contributed by atoms with Crippen LogP contribution in [0.1, 0.15) is 16.7 Å². The van der Waals surface area contributed by atoms with Crippen LogP contribution in [-0.4, -0.2) is 9.78 Å². The number of benzene rings is 4. The van der Waals surface area contributed by atoms with Gasteiger partial charge in [0, 0.05) is 10.9 Å². The number of halogens is 5. The molecule has 1 heterocycles. The normalized spacial score (nSPS) is 11.7. The first kappa shape index (κ1) is 23.5. The minimum atomic E-state index is -4.55. The van der Waals surface area contributed by atoms with E-state index in [1.54, 1.807) is 35.0 Å². The van der Waals surface area contributed by atoms with E-state index < -0.39 is 23.4 Å². The average Bonchev–Trinajstić information content (AvgIpc) is 3.22. The van der Waals surface area contributed by atoms with Gasteiger partial charge in [0.15, 0.2) is 0 Å². The third-order valence-electron chi connectivity index (χ3n) is 5.82. The summed E-state index contributed by atoms with van der Waals surface area (Å²) in [6, 6.07) is 23.5. The van der Waals surface area contributed by atoms with Gasteiger partial charge >= 0.3 is 6.18 Å². The molecule has 4 aromatic carbocycles. The van der Waals surface area contributed by atoms with Gasteiger partial charge in [-0.2, -0.15) is 18.3 Å².